The van der Waals surface area contributed by atoms with Crippen molar-refractivity contribution in [3.8, 4) is 5.75 Å². The van der Waals surface area contributed by atoms with Gasteiger partial charge < -0.3 is 19.4 Å². The molecule has 0 saturated heterocycles. The lowest BCUT2D eigenvalue weighted by molar-refractivity contribution is -0.118. The van der Waals surface area contributed by atoms with Crippen LogP contribution in [-0.4, -0.2) is 48.6 Å². The highest BCUT2D eigenvalue weighted by Gasteiger charge is 2.13. The second kappa shape index (κ2) is 10.2. The number of hydrogen-bond donors (Lipinski definition) is 1. The molecule has 0 atom stereocenters. The lowest BCUT2D eigenvalue weighted by Crippen LogP contribution is -2.27. The van der Waals surface area contributed by atoms with E-state index in [4.69, 9.17) is 9.47 Å². The van der Waals surface area contributed by atoms with E-state index in [0.717, 1.165) is 35.3 Å². The van der Waals surface area contributed by atoms with Gasteiger partial charge in [-0.15, -0.1) is 0 Å². The van der Waals surface area contributed by atoms with Crippen molar-refractivity contribution in [1.82, 2.24) is 14.9 Å². The van der Waals surface area contributed by atoms with Gasteiger partial charge in [0.05, 0.1) is 25.2 Å². The Labute approximate surface area is 159 Å². The Hall–Kier alpha value is -1.99. The van der Waals surface area contributed by atoms with Gasteiger partial charge in [-0.3, -0.25) is 4.79 Å². The first-order chi connectivity index (χ1) is 12.5. The maximum absolute atomic E-state index is 12.1. The second-order valence-corrected chi connectivity index (χ2v) is 6.89. The molecule has 2 aromatic rings. The quantitative estimate of drug-likeness (QED) is 0.645. The Morgan fingerprint density at radius 3 is 2.62 bits per heavy atom. The highest BCUT2D eigenvalue weighted by atomic mass is 32.2. The van der Waals surface area contributed by atoms with Crippen molar-refractivity contribution >= 4 is 17.7 Å². The Bertz CT molecular complexity index is 714. The van der Waals surface area contributed by atoms with Crippen LogP contribution in [0.2, 0.25) is 0 Å². The van der Waals surface area contributed by atoms with Gasteiger partial charge in [-0.1, -0.05) is 23.9 Å². The summed E-state index contributed by atoms with van der Waals surface area (Å²) in [6.07, 6.45) is 0.793. The van der Waals surface area contributed by atoms with E-state index in [-0.39, 0.29) is 5.91 Å². The molecule has 0 aliphatic heterocycles. The van der Waals surface area contributed by atoms with Crippen LogP contribution in [0.15, 0.2) is 29.4 Å². The lowest BCUT2D eigenvalue weighted by Gasteiger charge is -2.09. The van der Waals surface area contributed by atoms with Gasteiger partial charge in [0.2, 0.25) is 5.91 Å². The molecule has 1 aromatic heterocycles. The maximum Gasteiger partial charge on any atom is 0.230 e. The summed E-state index contributed by atoms with van der Waals surface area (Å²) in [6, 6.07) is 7.88. The molecule has 0 bridgehead atoms. The fraction of sp³-hybridized carbons (Fsp3) is 0.474. The first-order valence-corrected chi connectivity index (χ1v) is 9.58. The maximum atomic E-state index is 12.1. The molecule has 0 unspecified atom stereocenters. The fourth-order valence-electron chi connectivity index (χ4n) is 2.50. The van der Waals surface area contributed by atoms with E-state index in [1.54, 1.807) is 14.2 Å². The van der Waals surface area contributed by atoms with Gasteiger partial charge in [0.25, 0.3) is 0 Å². The van der Waals surface area contributed by atoms with Gasteiger partial charge in [0.15, 0.2) is 5.16 Å². The minimum atomic E-state index is 0.0140. The van der Waals surface area contributed by atoms with E-state index in [1.807, 2.05) is 38.1 Å². The molecule has 0 aliphatic carbocycles. The molecule has 0 aliphatic rings. The number of thioether (sulfide) groups is 1. The SMILES string of the molecule is COCCn1c(SCC(=O)NCCc2ccc(OC)cc2)nc(C)c1C. The van der Waals surface area contributed by atoms with Crippen molar-refractivity contribution in [1.29, 1.82) is 0 Å². The molecule has 2 rings (SSSR count). The van der Waals surface area contributed by atoms with Gasteiger partial charge in [0.1, 0.15) is 5.75 Å². The lowest BCUT2D eigenvalue weighted by atomic mass is 10.1. The number of nitrogens with one attached hydrogen (secondary N) is 1. The summed E-state index contributed by atoms with van der Waals surface area (Å²) in [5.41, 5.74) is 3.27. The third-order valence-corrected chi connectivity index (χ3v) is 5.15. The molecule has 142 valence electrons. The van der Waals surface area contributed by atoms with Crippen LogP contribution >= 0.6 is 11.8 Å². The van der Waals surface area contributed by atoms with Gasteiger partial charge in [0, 0.05) is 25.9 Å². The van der Waals surface area contributed by atoms with E-state index in [1.165, 1.54) is 17.3 Å². The molecule has 1 aromatic carbocycles. The topological polar surface area (TPSA) is 65.4 Å². The van der Waals surface area contributed by atoms with Gasteiger partial charge in [-0.25, -0.2) is 4.98 Å². The van der Waals surface area contributed by atoms with E-state index in [0.29, 0.717) is 18.9 Å². The monoisotopic (exact) mass is 377 g/mol. The van der Waals surface area contributed by atoms with E-state index < -0.39 is 0 Å². The summed E-state index contributed by atoms with van der Waals surface area (Å²) in [5.74, 6) is 1.20. The van der Waals surface area contributed by atoms with Crippen LogP contribution in [0.3, 0.4) is 0 Å². The zero-order valence-corrected chi connectivity index (χ0v) is 16.7. The average Bonchev–Trinajstić information content (AvgIpc) is 2.92. The van der Waals surface area contributed by atoms with Gasteiger partial charge >= 0.3 is 0 Å². The number of nitrogens with zero attached hydrogens (tertiary/aromatic N) is 2. The highest BCUT2D eigenvalue weighted by Crippen LogP contribution is 2.21. The summed E-state index contributed by atoms with van der Waals surface area (Å²) >= 11 is 1.46. The number of amides is 1. The minimum absolute atomic E-state index is 0.0140. The first kappa shape index (κ1) is 20.3. The summed E-state index contributed by atoms with van der Waals surface area (Å²) in [5, 5.41) is 3.82. The molecular weight excluding hydrogens is 350 g/mol. The Kier molecular flexibility index (Phi) is 8.00. The summed E-state index contributed by atoms with van der Waals surface area (Å²) in [4.78, 5) is 16.7. The minimum Gasteiger partial charge on any atom is -0.497 e. The van der Waals surface area contributed by atoms with Crippen LogP contribution in [0, 0.1) is 13.8 Å². The number of methoxy groups -OCH3 is 2. The van der Waals surface area contributed by atoms with Crippen molar-refractivity contribution in [3.05, 3.63) is 41.2 Å². The molecule has 7 heteroatoms. The standard InChI is InChI=1S/C19H27N3O3S/c1-14-15(2)22(11-12-24-3)19(21-14)26-13-18(23)20-10-9-16-5-7-17(25-4)8-6-16/h5-8H,9-13H2,1-4H3,(H,20,23). The van der Waals surface area contributed by atoms with Crippen molar-refractivity contribution in [3.63, 3.8) is 0 Å². The van der Waals surface area contributed by atoms with Crippen LogP contribution in [0.1, 0.15) is 17.0 Å². The Balaban J connectivity index is 1.78. The number of carbonyl (C=O) groups excluding carboxylic acids is 1. The highest BCUT2D eigenvalue weighted by molar-refractivity contribution is 7.99. The summed E-state index contributed by atoms with van der Waals surface area (Å²) < 4.78 is 12.4. The van der Waals surface area contributed by atoms with Crippen LogP contribution in [0.4, 0.5) is 0 Å². The van der Waals surface area contributed by atoms with Crippen molar-refractivity contribution in [2.75, 3.05) is 33.1 Å². The van der Waals surface area contributed by atoms with Gasteiger partial charge in [-0.05, 0) is 38.0 Å². The fourth-order valence-corrected chi connectivity index (χ4v) is 3.45. The van der Waals surface area contributed by atoms with Crippen LogP contribution in [0.25, 0.3) is 0 Å². The molecular formula is C19H27N3O3S. The Morgan fingerprint density at radius 1 is 1.23 bits per heavy atom. The molecule has 26 heavy (non-hydrogen) atoms. The molecule has 0 radical (unpaired) electrons. The van der Waals surface area contributed by atoms with Crippen molar-refractivity contribution in [2.45, 2.75) is 32.0 Å². The average molecular weight is 378 g/mol. The third-order valence-electron chi connectivity index (χ3n) is 4.17. The van der Waals surface area contributed by atoms with Crippen molar-refractivity contribution < 1.29 is 14.3 Å². The van der Waals surface area contributed by atoms with Gasteiger partial charge in [-0.2, -0.15) is 0 Å². The molecule has 0 saturated carbocycles. The molecule has 0 spiro atoms. The smallest absolute Gasteiger partial charge is 0.230 e. The zero-order chi connectivity index (χ0) is 18.9. The molecule has 6 nitrogen and oxygen atoms in total. The predicted octanol–water partition coefficient (Wildman–Crippen LogP) is 2.61. The zero-order valence-electron chi connectivity index (χ0n) is 15.9. The number of ether oxygens (including phenoxy) is 2. The third kappa shape index (κ3) is 5.78. The molecule has 1 amide bonds. The number of imidazole rings is 1. The number of benzene rings is 1. The largest absolute Gasteiger partial charge is 0.497 e. The number of rotatable bonds is 10. The van der Waals surface area contributed by atoms with E-state index >= 15 is 0 Å². The number of aryl methyl sites for hydroxylation is 1. The van der Waals surface area contributed by atoms with Crippen LogP contribution < -0.4 is 10.1 Å². The number of carbonyl (C=O) groups is 1. The predicted molar refractivity (Wildman–Crippen MR) is 104 cm³/mol. The molecule has 1 heterocycles. The van der Waals surface area contributed by atoms with E-state index in [9.17, 15) is 4.79 Å². The van der Waals surface area contributed by atoms with E-state index in [2.05, 4.69) is 14.9 Å². The number of aromatic nitrogens is 2. The first-order valence-electron chi connectivity index (χ1n) is 8.60. The second-order valence-electron chi connectivity index (χ2n) is 5.95. The Morgan fingerprint density at radius 2 is 1.96 bits per heavy atom. The van der Waals surface area contributed by atoms with Crippen LogP contribution in [0.5, 0.6) is 5.75 Å². The van der Waals surface area contributed by atoms with Crippen molar-refractivity contribution in [2.24, 2.45) is 0 Å². The van der Waals surface area contributed by atoms with Crippen LogP contribution in [-0.2, 0) is 22.5 Å². The molecule has 0 fully saturated rings. The number of hydrogen-bond acceptors (Lipinski definition) is 5. The summed E-state index contributed by atoms with van der Waals surface area (Å²) in [7, 11) is 3.33. The summed E-state index contributed by atoms with van der Waals surface area (Å²) in [6.45, 7) is 6.00. The molecule has 1 N–H and O–H groups in total. The normalized spacial score (nSPS) is 10.8.